The number of aromatic nitrogens is 1. The molecule has 1 aliphatic heterocycles. The fraction of sp³-hybridized carbons (Fsp3) is 0.133. The molecule has 2 heterocycles. The number of nitrogens with one attached hydrogen (secondary N) is 1. The van der Waals surface area contributed by atoms with Crippen LogP contribution in [0, 0.1) is 18.2 Å². The summed E-state index contributed by atoms with van der Waals surface area (Å²) >= 11 is 1.28. The fourth-order valence-corrected chi connectivity index (χ4v) is 2.79. The summed E-state index contributed by atoms with van der Waals surface area (Å²) in [5, 5.41) is 4.76. The lowest BCUT2D eigenvalue weighted by atomic mass is 10.1. The number of hydrogen-bond acceptors (Lipinski definition) is 4. The van der Waals surface area contributed by atoms with Gasteiger partial charge in [-0.15, -0.1) is 17.8 Å². The van der Waals surface area contributed by atoms with Gasteiger partial charge in [0.25, 0.3) is 5.91 Å². The van der Waals surface area contributed by atoms with Crippen molar-refractivity contribution >= 4 is 28.3 Å². The van der Waals surface area contributed by atoms with E-state index in [4.69, 9.17) is 6.42 Å². The van der Waals surface area contributed by atoms with Gasteiger partial charge in [0, 0.05) is 28.3 Å². The minimum Gasteiger partial charge on any atom is -0.325 e. The Kier molecular flexibility index (Phi) is 3.61. The Hall–Kier alpha value is -2.72. The van der Waals surface area contributed by atoms with Crippen molar-refractivity contribution in [3.8, 4) is 12.3 Å². The van der Waals surface area contributed by atoms with E-state index < -0.39 is 11.7 Å². The monoisotopic (exact) mass is 315 g/mol. The van der Waals surface area contributed by atoms with E-state index in [1.807, 2.05) is 0 Å². The van der Waals surface area contributed by atoms with Crippen LogP contribution in [0.4, 0.5) is 9.52 Å². The Morgan fingerprint density at radius 1 is 1.55 bits per heavy atom. The van der Waals surface area contributed by atoms with Crippen LogP contribution in [-0.2, 0) is 11.3 Å². The summed E-state index contributed by atoms with van der Waals surface area (Å²) in [6.07, 6.45) is 6.80. The summed E-state index contributed by atoms with van der Waals surface area (Å²) in [6, 6.07) is 2.69. The molecular formula is C15H10FN3O2S. The van der Waals surface area contributed by atoms with E-state index in [1.165, 1.54) is 28.4 Å². The zero-order valence-electron chi connectivity index (χ0n) is 11.3. The van der Waals surface area contributed by atoms with Gasteiger partial charge in [-0.3, -0.25) is 9.59 Å². The van der Waals surface area contributed by atoms with Crippen molar-refractivity contribution in [2.75, 3.05) is 11.9 Å². The maximum atomic E-state index is 13.9. The van der Waals surface area contributed by atoms with E-state index in [0.29, 0.717) is 10.7 Å². The molecule has 0 unspecified atom stereocenters. The summed E-state index contributed by atoms with van der Waals surface area (Å²) in [7, 11) is 0. The molecule has 0 aliphatic carbocycles. The van der Waals surface area contributed by atoms with E-state index in [2.05, 4.69) is 16.2 Å². The lowest BCUT2D eigenvalue weighted by molar-refractivity contribution is -0.116. The highest BCUT2D eigenvalue weighted by Gasteiger charge is 2.31. The molecule has 1 aromatic carbocycles. The Morgan fingerprint density at radius 2 is 2.36 bits per heavy atom. The number of rotatable bonds is 3. The van der Waals surface area contributed by atoms with Gasteiger partial charge in [-0.2, -0.15) is 0 Å². The van der Waals surface area contributed by atoms with Crippen LogP contribution in [0.1, 0.15) is 21.5 Å². The van der Waals surface area contributed by atoms with Gasteiger partial charge in [0.05, 0.1) is 6.54 Å². The third-order valence-corrected chi connectivity index (χ3v) is 3.93. The number of thiazole rings is 1. The minimum atomic E-state index is -0.526. The third-order valence-electron chi connectivity index (χ3n) is 3.24. The largest absolute Gasteiger partial charge is 0.325 e. The first-order valence-electron chi connectivity index (χ1n) is 6.36. The van der Waals surface area contributed by atoms with Gasteiger partial charge in [-0.1, -0.05) is 5.92 Å². The Morgan fingerprint density at radius 3 is 3.05 bits per heavy atom. The van der Waals surface area contributed by atoms with Crippen molar-refractivity contribution in [3.05, 3.63) is 46.2 Å². The molecule has 3 rings (SSSR count). The van der Waals surface area contributed by atoms with Crippen LogP contribution in [0.2, 0.25) is 0 Å². The number of carbonyl (C=O) groups is 2. The number of terminal acetylenes is 1. The van der Waals surface area contributed by atoms with Crippen molar-refractivity contribution in [3.63, 3.8) is 0 Å². The number of anilines is 1. The highest BCUT2D eigenvalue weighted by atomic mass is 32.1. The summed E-state index contributed by atoms with van der Waals surface area (Å²) < 4.78 is 13.9. The molecule has 0 spiro atoms. The second-order valence-corrected chi connectivity index (χ2v) is 5.57. The molecule has 5 nitrogen and oxygen atoms in total. The smallest absolute Gasteiger partial charge is 0.255 e. The van der Waals surface area contributed by atoms with Crippen LogP contribution in [0.25, 0.3) is 0 Å². The van der Waals surface area contributed by atoms with Crippen LogP contribution >= 0.6 is 11.3 Å². The molecule has 0 radical (unpaired) electrons. The number of halogens is 1. The van der Waals surface area contributed by atoms with E-state index in [-0.39, 0.29) is 30.1 Å². The summed E-state index contributed by atoms with van der Waals surface area (Å²) in [6.45, 7) is -0.117. The standard InChI is InChI=1S/C15H10FN3O2S/c1-2-9-5-10-11(12(16)6-9)7-19(14(10)21)8-13(20)18-15-17-3-4-22-15/h1,3-6H,7-8H2,(H,17,18,20). The van der Waals surface area contributed by atoms with Crippen LogP contribution in [0.15, 0.2) is 23.7 Å². The number of nitrogens with zero attached hydrogens (tertiary/aromatic N) is 2. The number of hydrogen-bond donors (Lipinski definition) is 1. The second kappa shape index (κ2) is 5.58. The van der Waals surface area contributed by atoms with Gasteiger partial charge in [0.15, 0.2) is 5.13 Å². The molecule has 110 valence electrons. The average Bonchev–Trinajstić information content (AvgIpc) is 3.09. The quantitative estimate of drug-likeness (QED) is 0.880. The molecule has 1 N–H and O–H groups in total. The number of fused-ring (bicyclic) bond motifs is 1. The predicted molar refractivity (Wildman–Crippen MR) is 79.8 cm³/mol. The second-order valence-electron chi connectivity index (χ2n) is 4.68. The Balaban J connectivity index is 1.75. The summed E-state index contributed by atoms with van der Waals surface area (Å²) in [5.41, 5.74) is 0.791. The van der Waals surface area contributed by atoms with Crippen molar-refractivity contribution < 1.29 is 14.0 Å². The Bertz CT molecular complexity index is 796. The lowest BCUT2D eigenvalue weighted by Gasteiger charge is -2.14. The fourth-order valence-electron chi connectivity index (χ4n) is 2.25. The molecule has 2 amide bonds. The predicted octanol–water partition coefficient (Wildman–Crippen LogP) is 1.86. The van der Waals surface area contributed by atoms with Crippen molar-refractivity contribution in [1.82, 2.24) is 9.88 Å². The van der Waals surface area contributed by atoms with Gasteiger partial charge < -0.3 is 10.2 Å². The molecule has 0 bridgehead atoms. The molecule has 2 aromatic rings. The van der Waals surface area contributed by atoms with Crippen molar-refractivity contribution in [1.29, 1.82) is 0 Å². The van der Waals surface area contributed by atoms with Crippen LogP contribution in [0.5, 0.6) is 0 Å². The maximum absolute atomic E-state index is 13.9. The average molecular weight is 315 g/mol. The van der Waals surface area contributed by atoms with Crippen molar-refractivity contribution in [2.45, 2.75) is 6.54 Å². The SMILES string of the molecule is C#Cc1cc(F)c2c(c1)C(=O)N(CC(=O)Nc1nccs1)C2. The van der Waals surface area contributed by atoms with Gasteiger partial charge in [0.2, 0.25) is 5.91 Å². The molecule has 22 heavy (non-hydrogen) atoms. The molecule has 0 saturated carbocycles. The van der Waals surface area contributed by atoms with Crippen LogP contribution < -0.4 is 5.32 Å². The molecule has 1 aromatic heterocycles. The van der Waals surface area contributed by atoms with E-state index >= 15 is 0 Å². The van der Waals surface area contributed by atoms with Crippen molar-refractivity contribution in [2.24, 2.45) is 0 Å². The number of amides is 2. The molecule has 0 fully saturated rings. The van der Waals surface area contributed by atoms with Gasteiger partial charge in [-0.25, -0.2) is 9.37 Å². The highest BCUT2D eigenvalue weighted by Crippen LogP contribution is 2.26. The summed E-state index contributed by atoms with van der Waals surface area (Å²) in [4.78, 5) is 29.4. The van der Waals surface area contributed by atoms with Gasteiger partial charge >= 0.3 is 0 Å². The van der Waals surface area contributed by atoms with Gasteiger partial charge in [0.1, 0.15) is 12.4 Å². The topological polar surface area (TPSA) is 62.3 Å². The van der Waals surface area contributed by atoms with Gasteiger partial charge in [-0.05, 0) is 12.1 Å². The molecule has 7 heteroatoms. The highest BCUT2D eigenvalue weighted by molar-refractivity contribution is 7.13. The first kappa shape index (κ1) is 14.2. The van der Waals surface area contributed by atoms with E-state index in [9.17, 15) is 14.0 Å². The van der Waals surface area contributed by atoms with E-state index in [1.54, 1.807) is 11.6 Å². The number of benzene rings is 1. The number of carbonyl (C=O) groups excluding carboxylic acids is 2. The summed E-state index contributed by atoms with van der Waals surface area (Å²) in [5.74, 6) is 0.997. The third kappa shape index (κ3) is 2.56. The molecule has 1 aliphatic rings. The zero-order valence-corrected chi connectivity index (χ0v) is 12.1. The molecular weight excluding hydrogens is 305 g/mol. The van der Waals surface area contributed by atoms with Crippen LogP contribution in [0.3, 0.4) is 0 Å². The first-order chi connectivity index (χ1) is 10.6. The minimum absolute atomic E-state index is 0.0517. The molecule has 0 saturated heterocycles. The van der Waals surface area contributed by atoms with Crippen LogP contribution in [-0.4, -0.2) is 28.2 Å². The lowest BCUT2D eigenvalue weighted by Crippen LogP contribution is -2.33. The first-order valence-corrected chi connectivity index (χ1v) is 7.24. The normalized spacial score (nSPS) is 12.9. The zero-order chi connectivity index (χ0) is 15.7. The maximum Gasteiger partial charge on any atom is 0.255 e. The van der Waals surface area contributed by atoms with E-state index in [0.717, 1.165) is 0 Å². The molecule has 0 atom stereocenters. The Labute approximate surface area is 129 Å².